The van der Waals surface area contributed by atoms with Crippen molar-refractivity contribution in [3.63, 3.8) is 0 Å². The van der Waals surface area contributed by atoms with Gasteiger partial charge in [0.15, 0.2) is 5.82 Å². The number of anilines is 2. The Hall–Kier alpha value is -4.38. The van der Waals surface area contributed by atoms with Crippen LogP contribution in [-0.2, 0) is 11.2 Å². The zero-order valence-electron chi connectivity index (χ0n) is 20.7. The molecule has 4 aromatic rings. The van der Waals surface area contributed by atoms with Crippen molar-refractivity contribution in [2.45, 2.75) is 6.42 Å². The van der Waals surface area contributed by atoms with Gasteiger partial charge < -0.3 is 20.2 Å². The van der Waals surface area contributed by atoms with Crippen LogP contribution in [-0.4, -0.2) is 68.6 Å². The maximum absolute atomic E-state index is 16.1. The van der Waals surface area contributed by atoms with E-state index >= 15 is 4.39 Å². The van der Waals surface area contributed by atoms with E-state index in [2.05, 4.69) is 31.8 Å². The van der Waals surface area contributed by atoms with E-state index in [1.165, 1.54) is 24.3 Å². The third-order valence-corrected chi connectivity index (χ3v) is 6.72. The lowest BCUT2D eigenvalue weighted by molar-refractivity contribution is -0.126. The summed E-state index contributed by atoms with van der Waals surface area (Å²) in [5, 5.41) is 13.6. The van der Waals surface area contributed by atoms with Gasteiger partial charge in [0, 0.05) is 62.5 Å². The first-order valence-corrected chi connectivity index (χ1v) is 12.6. The number of piperazine rings is 1. The van der Waals surface area contributed by atoms with Crippen molar-refractivity contribution in [2.75, 3.05) is 42.9 Å². The quantitative estimate of drug-likeness (QED) is 0.329. The number of nitrogens with one attached hydrogen (secondary N) is 1. The molecule has 200 valence electrons. The van der Waals surface area contributed by atoms with Crippen LogP contribution in [0.3, 0.4) is 0 Å². The highest BCUT2D eigenvalue weighted by molar-refractivity contribution is 6.34. The molecule has 9 nitrogen and oxygen atoms in total. The van der Waals surface area contributed by atoms with Gasteiger partial charge in [0.05, 0.1) is 10.6 Å². The molecule has 2 aromatic heterocycles. The summed E-state index contributed by atoms with van der Waals surface area (Å²) >= 11 is 6.49. The summed E-state index contributed by atoms with van der Waals surface area (Å²) in [6, 6.07) is 6.88. The highest BCUT2D eigenvalue weighted by Gasteiger charge is 2.27. The van der Waals surface area contributed by atoms with Crippen LogP contribution in [0.1, 0.15) is 5.82 Å². The molecule has 0 aliphatic carbocycles. The predicted molar refractivity (Wildman–Crippen MR) is 145 cm³/mol. The molecule has 1 saturated heterocycles. The topological polar surface area (TPSA) is 107 Å². The van der Waals surface area contributed by atoms with Gasteiger partial charge in [0.2, 0.25) is 11.9 Å². The lowest BCUT2D eigenvalue weighted by atomic mass is 10.0. The fourth-order valence-corrected chi connectivity index (χ4v) is 4.79. The van der Waals surface area contributed by atoms with Gasteiger partial charge in [-0.1, -0.05) is 24.2 Å². The molecule has 3 heterocycles. The average Bonchev–Trinajstić information content (AvgIpc) is 2.95. The van der Waals surface area contributed by atoms with E-state index in [1.54, 1.807) is 23.4 Å². The third kappa shape index (κ3) is 5.30. The zero-order valence-corrected chi connectivity index (χ0v) is 21.5. The molecule has 0 bridgehead atoms. The maximum Gasteiger partial charge on any atom is 0.246 e. The van der Waals surface area contributed by atoms with Gasteiger partial charge >= 0.3 is 0 Å². The Balaban J connectivity index is 1.57. The van der Waals surface area contributed by atoms with Crippen LogP contribution >= 0.6 is 11.6 Å². The van der Waals surface area contributed by atoms with Crippen LogP contribution < -0.4 is 10.2 Å². The molecule has 1 amide bonds. The molecule has 0 saturated carbocycles. The van der Waals surface area contributed by atoms with Gasteiger partial charge in [-0.05, 0) is 30.3 Å². The Morgan fingerprint density at radius 2 is 1.85 bits per heavy atom. The number of carbonyl (C=O) groups excluding carboxylic acids is 1. The normalized spacial score (nSPS) is 13.5. The lowest BCUT2D eigenvalue weighted by Crippen LogP contribution is -2.48. The molecule has 0 unspecified atom stereocenters. The van der Waals surface area contributed by atoms with Crippen LogP contribution in [0.4, 0.5) is 20.5 Å². The number of hydrogen-bond acceptors (Lipinski definition) is 8. The molecule has 39 heavy (non-hydrogen) atoms. The summed E-state index contributed by atoms with van der Waals surface area (Å²) in [6.07, 6.45) is 5.02. The summed E-state index contributed by atoms with van der Waals surface area (Å²) in [5.41, 5.74) is -0.742. The monoisotopic (exact) mass is 551 g/mol. The van der Waals surface area contributed by atoms with E-state index in [0.29, 0.717) is 56.2 Å². The Bertz CT molecular complexity index is 1530. The summed E-state index contributed by atoms with van der Waals surface area (Å²) in [4.78, 5) is 33.1. The molecule has 0 atom stereocenters. The molecule has 2 aromatic carbocycles. The first kappa shape index (κ1) is 26.2. The van der Waals surface area contributed by atoms with Crippen molar-refractivity contribution in [1.82, 2.24) is 24.8 Å². The fourth-order valence-electron chi connectivity index (χ4n) is 4.50. The molecule has 0 radical (unpaired) electrons. The molecule has 5 rings (SSSR count). The number of aromatic nitrogens is 4. The Kier molecular flexibility index (Phi) is 7.51. The molecular formula is C27H24ClF2N7O2. The lowest BCUT2D eigenvalue weighted by Gasteiger charge is -2.35. The second-order valence-electron chi connectivity index (χ2n) is 8.81. The fraction of sp³-hybridized carbons (Fsp3) is 0.222. The van der Waals surface area contributed by atoms with E-state index in [4.69, 9.17) is 11.6 Å². The number of phenolic OH excluding ortho intramolecular Hbond substituents is 1. The molecule has 1 aliphatic rings. The van der Waals surface area contributed by atoms with Gasteiger partial charge in [0.1, 0.15) is 28.7 Å². The number of hydrogen-bond donors (Lipinski definition) is 2. The minimum absolute atomic E-state index is 0.0925. The van der Waals surface area contributed by atoms with Gasteiger partial charge in [0.25, 0.3) is 0 Å². The molecule has 12 heteroatoms. The number of phenols is 1. The first-order valence-electron chi connectivity index (χ1n) is 12.2. The van der Waals surface area contributed by atoms with E-state index < -0.39 is 17.4 Å². The number of rotatable bonds is 7. The number of fused-ring (bicyclic) bond motifs is 1. The summed E-state index contributed by atoms with van der Waals surface area (Å²) in [6.45, 7) is 5.60. The smallest absolute Gasteiger partial charge is 0.246 e. The van der Waals surface area contributed by atoms with Crippen molar-refractivity contribution in [1.29, 1.82) is 0 Å². The second kappa shape index (κ2) is 11.2. The van der Waals surface area contributed by atoms with Crippen molar-refractivity contribution < 1.29 is 18.7 Å². The number of halogens is 3. The number of carbonyl (C=O) groups is 1. The van der Waals surface area contributed by atoms with Gasteiger partial charge in [-0.3, -0.25) is 4.79 Å². The van der Waals surface area contributed by atoms with Crippen molar-refractivity contribution in [2.24, 2.45) is 0 Å². The standard InChI is InChI=1S/C27H24ClF2N7O2/c1-2-21(39)36-11-13-37(14-12-36)26-16-15-17(28)22(23-18(29)5-3-6-19(23)38)24(30)25(16)34-27(35-26)33-10-7-20-31-8-4-9-32-20/h2-6,8-9,15,38H,1,7,10-14H2,(H,33,34,35). The van der Waals surface area contributed by atoms with E-state index in [1.807, 2.05) is 4.90 Å². The van der Waals surface area contributed by atoms with Crippen LogP contribution in [0.5, 0.6) is 5.75 Å². The SMILES string of the molecule is C=CC(=O)N1CCN(c2nc(NCCc3ncccn3)nc3c(F)c(-c4c(O)cccc4F)c(Cl)cc23)CC1. The van der Waals surface area contributed by atoms with Gasteiger partial charge in [-0.15, -0.1) is 0 Å². The van der Waals surface area contributed by atoms with E-state index in [0.717, 1.165) is 6.07 Å². The molecule has 2 N–H and O–H groups in total. The minimum atomic E-state index is -0.892. The number of aromatic hydroxyl groups is 1. The minimum Gasteiger partial charge on any atom is -0.507 e. The van der Waals surface area contributed by atoms with E-state index in [9.17, 15) is 14.3 Å². The molecule has 0 spiro atoms. The summed E-state index contributed by atoms with van der Waals surface area (Å²) < 4.78 is 30.8. The number of nitrogens with zero attached hydrogens (tertiary/aromatic N) is 6. The molecular weight excluding hydrogens is 528 g/mol. The molecule has 1 fully saturated rings. The predicted octanol–water partition coefficient (Wildman–Crippen LogP) is 4.21. The van der Waals surface area contributed by atoms with Crippen molar-refractivity contribution >= 4 is 40.2 Å². The van der Waals surface area contributed by atoms with Gasteiger partial charge in [-0.2, -0.15) is 4.98 Å². The Morgan fingerprint density at radius 1 is 1.10 bits per heavy atom. The van der Waals surface area contributed by atoms with Crippen LogP contribution in [0.2, 0.25) is 5.02 Å². The molecule has 1 aliphatic heterocycles. The van der Waals surface area contributed by atoms with Crippen LogP contribution in [0, 0.1) is 11.6 Å². The highest BCUT2D eigenvalue weighted by Crippen LogP contribution is 2.42. The van der Waals surface area contributed by atoms with Gasteiger partial charge in [-0.25, -0.2) is 23.7 Å². The first-order chi connectivity index (χ1) is 18.9. The number of amides is 1. The third-order valence-electron chi connectivity index (χ3n) is 6.42. The summed E-state index contributed by atoms with van der Waals surface area (Å²) in [5.74, 6) is -1.17. The summed E-state index contributed by atoms with van der Waals surface area (Å²) in [7, 11) is 0. The maximum atomic E-state index is 16.1. The Labute approximate surface area is 227 Å². The Morgan fingerprint density at radius 3 is 2.54 bits per heavy atom. The van der Waals surface area contributed by atoms with Crippen molar-refractivity contribution in [3.05, 3.63) is 77.9 Å². The van der Waals surface area contributed by atoms with Crippen molar-refractivity contribution in [3.8, 4) is 16.9 Å². The second-order valence-corrected chi connectivity index (χ2v) is 9.21. The van der Waals surface area contributed by atoms with Crippen LogP contribution in [0.25, 0.3) is 22.0 Å². The average molecular weight is 552 g/mol. The van der Waals surface area contributed by atoms with E-state index in [-0.39, 0.29) is 33.5 Å². The van der Waals surface area contributed by atoms with Crippen LogP contribution in [0.15, 0.2) is 55.4 Å². The highest BCUT2D eigenvalue weighted by atomic mass is 35.5. The zero-order chi connectivity index (χ0) is 27.5. The largest absolute Gasteiger partial charge is 0.507 e. The number of benzene rings is 2.